The Kier molecular flexibility index (Phi) is 6.91. The van der Waals surface area contributed by atoms with E-state index in [1.165, 1.54) is 0 Å². The Bertz CT molecular complexity index is 1060. The van der Waals surface area contributed by atoms with E-state index in [0.717, 1.165) is 43.5 Å². The van der Waals surface area contributed by atoms with Gasteiger partial charge in [-0.2, -0.15) is 4.31 Å². The predicted octanol–water partition coefficient (Wildman–Crippen LogP) is 3.56. The molecule has 2 aliphatic rings. The summed E-state index contributed by atoms with van der Waals surface area (Å²) in [5.74, 6) is 0.0246. The van der Waals surface area contributed by atoms with Crippen LogP contribution in [0, 0.1) is 0 Å². The molecule has 32 heavy (non-hydrogen) atoms. The van der Waals surface area contributed by atoms with Crippen molar-refractivity contribution >= 4 is 33.2 Å². The monoisotopic (exact) mass is 455 g/mol. The first kappa shape index (κ1) is 22.5. The van der Waals surface area contributed by atoms with Crippen molar-refractivity contribution in [3.05, 3.63) is 54.1 Å². The number of anilines is 2. The fourth-order valence-electron chi connectivity index (χ4n) is 4.21. The summed E-state index contributed by atoms with van der Waals surface area (Å²) in [6, 6.07) is 14.1. The van der Waals surface area contributed by atoms with Crippen LogP contribution in [0.1, 0.15) is 44.1 Å². The fraction of sp³-hybridized carbons (Fsp3) is 0.417. The minimum absolute atomic E-state index is 0.111. The van der Waals surface area contributed by atoms with Crippen LogP contribution < -0.4 is 10.2 Å². The van der Waals surface area contributed by atoms with Gasteiger partial charge in [-0.15, -0.1) is 0 Å². The number of aryl methyl sites for hydroxylation is 1. The number of amides is 2. The first-order chi connectivity index (χ1) is 15.4. The molecule has 2 aromatic rings. The molecule has 2 heterocycles. The number of rotatable bonds is 7. The van der Waals surface area contributed by atoms with Crippen molar-refractivity contribution in [3.63, 3.8) is 0 Å². The molecule has 0 aromatic heterocycles. The SMILES string of the molecule is O=C(CCc1ccc(S(=O)(=O)N2CCCCC2)cc1)Nc1ccc(N2CCCC2=O)cc1. The van der Waals surface area contributed by atoms with Gasteiger partial charge in [0.2, 0.25) is 21.8 Å². The minimum Gasteiger partial charge on any atom is -0.326 e. The summed E-state index contributed by atoms with van der Waals surface area (Å²) in [6.07, 6.45) is 5.18. The van der Waals surface area contributed by atoms with Crippen LogP contribution in [-0.2, 0) is 26.0 Å². The number of carbonyl (C=O) groups excluding carboxylic acids is 2. The molecule has 0 spiro atoms. The normalized spacial score (nSPS) is 17.5. The number of hydrogen-bond donors (Lipinski definition) is 1. The van der Waals surface area contributed by atoms with Crippen molar-refractivity contribution in [2.75, 3.05) is 29.9 Å². The van der Waals surface area contributed by atoms with Gasteiger partial charge in [0.25, 0.3) is 0 Å². The highest BCUT2D eigenvalue weighted by atomic mass is 32.2. The van der Waals surface area contributed by atoms with Crippen molar-refractivity contribution in [1.29, 1.82) is 0 Å². The van der Waals surface area contributed by atoms with E-state index in [2.05, 4.69) is 5.32 Å². The average molecular weight is 456 g/mol. The molecule has 8 heteroatoms. The molecule has 2 aromatic carbocycles. The van der Waals surface area contributed by atoms with Crippen LogP contribution in [0.15, 0.2) is 53.4 Å². The topological polar surface area (TPSA) is 86.8 Å². The molecule has 0 aliphatic carbocycles. The van der Waals surface area contributed by atoms with E-state index in [1.807, 2.05) is 12.1 Å². The molecular weight excluding hydrogens is 426 g/mol. The third-order valence-electron chi connectivity index (χ3n) is 6.05. The van der Waals surface area contributed by atoms with Gasteiger partial charge in [-0.05, 0) is 67.6 Å². The lowest BCUT2D eigenvalue weighted by molar-refractivity contribution is -0.117. The van der Waals surface area contributed by atoms with Gasteiger partial charge in [0.15, 0.2) is 0 Å². The number of nitrogens with zero attached hydrogens (tertiary/aromatic N) is 2. The summed E-state index contributed by atoms with van der Waals surface area (Å²) >= 11 is 0. The fourth-order valence-corrected chi connectivity index (χ4v) is 5.73. The summed E-state index contributed by atoms with van der Waals surface area (Å²) < 4.78 is 27.0. The zero-order chi connectivity index (χ0) is 22.6. The van der Waals surface area contributed by atoms with Crippen molar-refractivity contribution in [2.45, 2.75) is 49.8 Å². The summed E-state index contributed by atoms with van der Waals surface area (Å²) in [5.41, 5.74) is 2.46. The van der Waals surface area contributed by atoms with Crippen molar-refractivity contribution in [2.24, 2.45) is 0 Å². The van der Waals surface area contributed by atoms with Gasteiger partial charge in [-0.3, -0.25) is 9.59 Å². The van der Waals surface area contributed by atoms with E-state index in [9.17, 15) is 18.0 Å². The second-order valence-corrected chi connectivity index (χ2v) is 10.3. The second-order valence-electron chi connectivity index (χ2n) is 8.35. The van der Waals surface area contributed by atoms with Crippen molar-refractivity contribution < 1.29 is 18.0 Å². The van der Waals surface area contributed by atoms with Crippen LogP contribution in [0.3, 0.4) is 0 Å². The van der Waals surface area contributed by atoms with Crippen LogP contribution in [0.25, 0.3) is 0 Å². The minimum atomic E-state index is -3.43. The van der Waals surface area contributed by atoms with E-state index in [0.29, 0.717) is 42.9 Å². The van der Waals surface area contributed by atoms with E-state index < -0.39 is 10.0 Å². The van der Waals surface area contributed by atoms with Gasteiger partial charge in [-0.25, -0.2) is 8.42 Å². The van der Waals surface area contributed by atoms with Gasteiger partial charge in [0.1, 0.15) is 0 Å². The molecular formula is C24H29N3O4S. The Balaban J connectivity index is 1.29. The van der Waals surface area contributed by atoms with Crippen LogP contribution >= 0.6 is 0 Å². The summed E-state index contributed by atoms with van der Waals surface area (Å²) in [7, 11) is -3.43. The lowest BCUT2D eigenvalue weighted by atomic mass is 10.1. The summed E-state index contributed by atoms with van der Waals surface area (Å²) in [4.78, 5) is 26.2. The number of piperidine rings is 1. The molecule has 2 fully saturated rings. The van der Waals surface area contributed by atoms with E-state index in [-0.39, 0.29) is 11.8 Å². The molecule has 4 rings (SSSR count). The predicted molar refractivity (Wildman–Crippen MR) is 124 cm³/mol. The molecule has 0 atom stereocenters. The molecule has 170 valence electrons. The van der Waals surface area contributed by atoms with E-state index >= 15 is 0 Å². The van der Waals surface area contributed by atoms with Gasteiger partial charge in [-0.1, -0.05) is 18.6 Å². The van der Waals surface area contributed by atoms with Gasteiger partial charge < -0.3 is 10.2 Å². The quantitative estimate of drug-likeness (QED) is 0.692. The van der Waals surface area contributed by atoms with Gasteiger partial charge in [0, 0.05) is 43.9 Å². The number of nitrogens with one attached hydrogen (secondary N) is 1. The van der Waals surface area contributed by atoms with Crippen LogP contribution in [0.4, 0.5) is 11.4 Å². The largest absolute Gasteiger partial charge is 0.326 e. The summed E-state index contributed by atoms with van der Waals surface area (Å²) in [5, 5.41) is 2.87. The zero-order valence-corrected chi connectivity index (χ0v) is 18.9. The molecule has 0 radical (unpaired) electrons. The highest BCUT2D eigenvalue weighted by Crippen LogP contribution is 2.24. The highest BCUT2D eigenvalue weighted by Gasteiger charge is 2.25. The first-order valence-corrected chi connectivity index (χ1v) is 12.7. The lowest BCUT2D eigenvalue weighted by Crippen LogP contribution is -2.35. The van der Waals surface area contributed by atoms with E-state index in [4.69, 9.17) is 0 Å². The van der Waals surface area contributed by atoms with Crippen LogP contribution in [0.2, 0.25) is 0 Å². The third-order valence-corrected chi connectivity index (χ3v) is 7.97. The molecule has 0 bridgehead atoms. The molecule has 2 amide bonds. The number of hydrogen-bond acceptors (Lipinski definition) is 4. The molecule has 7 nitrogen and oxygen atoms in total. The van der Waals surface area contributed by atoms with Crippen LogP contribution in [-0.4, -0.2) is 44.2 Å². The Morgan fingerprint density at radius 2 is 1.56 bits per heavy atom. The molecule has 2 saturated heterocycles. The number of benzene rings is 2. The molecule has 0 saturated carbocycles. The van der Waals surface area contributed by atoms with Crippen molar-refractivity contribution in [1.82, 2.24) is 4.31 Å². The Labute approximate surface area is 189 Å². The average Bonchev–Trinajstić information content (AvgIpc) is 3.25. The van der Waals surface area contributed by atoms with Gasteiger partial charge in [0.05, 0.1) is 4.90 Å². The molecule has 2 aliphatic heterocycles. The lowest BCUT2D eigenvalue weighted by Gasteiger charge is -2.25. The highest BCUT2D eigenvalue weighted by molar-refractivity contribution is 7.89. The second kappa shape index (κ2) is 9.83. The zero-order valence-electron chi connectivity index (χ0n) is 18.1. The maximum absolute atomic E-state index is 12.7. The maximum Gasteiger partial charge on any atom is 0.243 e. The smallest absolute Gasteiger partial charge is 0.243 e. The Hall–Kier alpha value is -2.71. The number of sulfonamides is 1. The third kappa shape index (κ3) is 5.19. The molecule has 1 N–H and O–H groups in total. The van der Waals surface area contributed by atoms with Crippen LogP contribution in [0.5, 0.6) is 0 Å². The summed E-state index contributed by atoms with van der Waals surface area (Å²) in [6.45, 7) is 1.90. The van der Waals surface area contributed by atoms with Crippen molar-refractivity contribution in [3.8, 4) is 0 Å². The maximum atomic E-state index is 12.7. The molecule has 0 unspecified atom stereocenters. The Morgan fingerprint density at radius 1 is 0.875 bits per heavy atom. The Morgan fingerprint density at radius 3 is 2.19 bits per heavy atom. The number of carbonyl (C=O) groups is 2. The van der Waals surface area contributed by atoms with E-state index in [1.54, 1.807) is 45.6 Å². The first-order valence-electron chi connectivity index (χ1n) is 11.2. The van der Waals surface area contributed by atoms with Gasteiger partial charge >= 0.3 is 0 Å². The standard InChI is InChI=1S/C24H29N3O4S/c28-23(25-20-9-11-21(12-10-20)27-18-4-5-24(27)29)15-8-19-6-13-22(14-7-19)32(30,31)26-16-2-1-3-17-26/h6-7,9-14H,1-5,8,15-18H2,(H,25,28).